The molecule has 36 heavy (non-hydrogen) atoms. The van der Waals surface area contributed by atoms with E-state index >= 15 is 0 Å². The molecular formula is C25H37N5O6. The predicted molar refractivity (Wildman–Crippen MR) is 132 cm³/mol. The molecule has 1 aromatic rings. The summed E-state index contributed by atoms with van der Waals surface area (Å²) in [6.07, 6.45) is 5.24. The Bertz CT molecular complexity index is 903. The molecule has 198 valence electrons. The summed E-state index contributed by atoms with van der Waals surface area (Å²) < 4.78 is 5.65. The number of nitrogens with one attached hydrogen (secondary N) is 4. The molecule has 1 aromatic carbocycles. The Balaban J connectivity index is 1.67. The average Bonchev–Trinajstić information content (AvgIpc) is 3.15. The molecule has 1 fully saturated rings. The number of nitrogens with zero attached hydrogens (tertiary/aromatic N) is 1. The van der Waals surface area contributed by atoms with Crippen LogP contribution < -0.4 is 26.0 Å². The molecule has 0 saturated carbocycles. The lowest BCUT2D eigenvalue weighted by molar-refractivity contribution is -0.131. The van der Waals surface area contributed by atoms with Crippen LogP contribution in [0.1, 0.15) is 48.9 Å². The first-order valence-corrected chi connectivity index (χ1v) is 12.7. The van der Waals surface area contributed by atoms with E-state index in [0.29, 0.717) is 12.3 Å². The summed E-state index contributed by atoms with van der Waals surface area (Å²) in [6, 6.07) is 4.20. The van der Waals surface area contributed by atoms with Crippen molar-refractivity contribution in [1.29, 1.82) is 0 Å². The minimum absolute atomic E-state index is 0.0725. The van der Waals surface area contributed by atoms with Crippen molar-refractivity contribution in [2.75, 3.05) is 45.9 Å². The number of para-hydroxylation sites is 1. The number of benzene rings is 1. The third-order valence-corrected chi connectivity index (χ3v) is 6.29. The van der Waals surface area contributed by atoms with Gasteiger partial charge in [-0.2, -0.15) is 0 Å². The van der Waals surface area contributed by atoms with Crippen LogP contribution in [0.5, 0.6) is 5.75 Å². The Labute approximate surface area is 211 Å². The van der Waals surface area contributed by atoms with Crippen LogP contribution >= 0.6 is 0 Å². The number of ether oxygens (including phenoxy) is 1. The van der Waals surface area contributed by atoms with Crippen LogP contribution in [0.4, 0.5) is 0 Å². The number of hydrogen-bond donors (Lipinski definition) is 5. The van der Waals surface area contributed by atoms with Gasteiger partial charge in [0.25, 0.3) is 5.91 Å². The summed E-state index contributed by atoms with van der Waals surface area (Å²) in [6.45, 7) is 2.98. The van der Waals surface area contributed by atoms with Crippen LogP contribution in [-0.4, -0.2) is 91.7 Å². The van der Waals surface area contributed by atoms with E-state index in [1.54, 1.807) is 24.3 Å². The molecule has 2 aliphatic rings. The van der Waals surface area contributed by atoms with Crippen molar-refractivity contribution in [2.45, 2.75) is 50.6 Å². The van der Waals surface area contributed by atoms with E-state index in [2.05, 4.69) is 26.2 Å². The Kier molecular flexibility index (Phi) is 11.0. The van der Waals surface area contributed by atoms with E-state index in [-0.39, 0.29) is 18.7 Å². The lowest BCUT2D eigenvalue weighted by atomic mass is 10.1. The van der Waals surface area contributed by atoms with Gasteiger partial charge in [0.05, 0.1) is 25.1 Å². The first-order valence-electron chi connectivity index (χ1n) is 12.7. The van der Waals surface area contributed by atoms with Gasteiger partial charge in [0.2, 0.25) is 17.7 Å². The second kappa shape index (κ2) is 14.4. The predicted octanol–water partition coefficient (Wildman–Crippen LogP) is -0.457. The van der Waals surface area contributed by atoms with Gasteiger partial charge in [-0.25, -0.2) is 0 Å². The minimum Gasteiger partial charge on any atom is -0.491 e. The summed E-state index contributed by atoms with van der Waals surface area (Å²) >= 11 is 0. The molecule has 11 nitrogen and oxygen atoms in total. The number of aliphatic hydroxyl groups is 1. The molecule has 4 amide bonds. The average molecular weight is 504 g/mol. The van der Waals surface area contributed by atoms with E-state index < -0.39 is 48.7 Å². The maximum Gasteiger partial charge on any atom is 0.255 e. The maximum absolute atomic E-state index is 13.0. The number of fused-ring (bicyclic) bond motifs is 1. The zero-order valence-electron chi connectivity index (χ0n) is 20.6. The first-order chi connectivity index (χ1) is 17.5. The molecule has 0 aromatic heterocycles. The summed E-state index contributed by atoms with van der Waals surface area (Å²) in [4.78, 5) is 53.3. The van der Waals surface area contributed by atoms with Gasteiger partial charge < -0.3 is 36.0 Å². The van der Waals surface area contributed by atoms with E-state index in [1.807, 2.05) is 0 Å². The Morgan fingerprint density at radius 3 is 2.58 bits per heavy atom. The highest BCUT2D eigenvalue weighted by molar-refractivity contribution is 6.01. The quantitative estimate of drug-likeness (QED) is 0.330. The van der Waals surface area contributed by atoms with Crippen molar-refractivity contribution >= 4 is 23.6 Å². The molecule has 0 aliphatic carbocycles. The lowest BCUT2D eigenvalue weighted by Crippen LogP contribution is -2.53. The normalized spacial score (nSPS) is 22.5. The molecule has 2 atom stereocenters. The third kappa shape index (κ3) is 8.49. The largest absolute Gasteiger partial charge is 0.491 e. The van der Waals surface area contributed by atoms with Crippen molar-refractivity contribution in [3.63, 3.8) is 0 Å². The van der Waals surface area contributed by atoms with Crippen molar-refractivity contribution in [2.24, 2.45) is 0 Å². The number of carbonyl (C=O) groups is 4. The summed E-state index contributed by atoms with van der Waals surface area (Å²) in [5, 5.41) is 20.0. The second-order valence-electron chi connectivity index (χ2n) is 9.07. The van der Waals surface area contributed by atoms with E-state index in [4.69, 9.17) is 4.74 Å². The molecule has 1 saturated heterocycles. The van der Waals surface area contributed by atoms with Gasteiger partial charge in [0, 0.05) is 6.54 Å². The molecule has 0 radical (unpaired) electrons. The zero-order chi connectivity index (χ0) is 25.8. The topological polar surface area (TPSA) is 149 Å². The van der Waals surface area contributed by atoms with Crippen LogP contribution in [0.15, 0.2) is 24.3 Å². The van der Waals surface area contributed by atoms with E-state index in [0.717, 1.165) is 26.1 Å². The van der Waals surface area contributed by atoms with Crippen LogP contribution in [0, 0.1) is 0 Å². The second-order valence-corrected chi connectivity index (χ2v) is 9.07. The number of aliphatic hydroxyl groups excluding tert-OH is 1. The summed E-state index contributed by atoms with van der Waals surface area (Å²) in [5.41, 5.74) is 0.216. The minimum atomic E-state index is -1.18. The molecule has 0 spiro atoms. The number of likely N-dealkylation sites (tertiary alicyclic amines) is 1. The van der Waals surface area contributed by atoms with Gasteiger partial charge in [-0.1, -0.05) is 25.0 Å². The first kappa shape index (κ1) is 27.4. The molecule has 0 bridgehead atoms. The van der Waals surface area contributed by atoms with E-state index in [1.165, 1.54) is 25.7 Å². The van der Waals surface area contributed by atoms with Gasteiger partial charge in [-0.3, -0.25) is 19.2 Å². The fourth-order valence-corrected chi connectivity index (χ4v) is 4.31. The molecule has 0 unspecified atom stereocenters. The fourth-order valence-electron chi connectivity index (χ4n) is 4.31. The van der Waals surface area contributed by atoms with Crippen molar-refractivity contribution < 1.29 is 29.0 Å². The molecule has 2 heterocycles. The highest BCUT2D eigenvalue weighted by Gasteiger charge is 2.28. The third-order valence-electron chi connectivity index (χ3n) is 6.29. The Morgan fingerprint density at radius 1 is 1.08 bits per heavy atom. The van der Waals surface area contributed by atoms with E-state index in [9.17, 15) is 24.3 Å². The van der Waals surface area contributed by atoms with Gasteiger partial charge in [-0.15, -0.1) is 0 Å². The van der Waals surface area contributed by atoms with Crippen molar-refractivity contribution in [1.82, 2.24) is 26.2 Å². The smallest absolute Gasteiger partial charge is 0.255 e. The Hall–Kier alpha value is -3.18. The summed E-state index contributed by atoms with van der Waals surface area (Å²) in [5.74, 6) is -1.97. The number of hydrogen-bond acceptors (Lipinski definition) is 7. The van der Waals surface area contributed by atoms with Gasteiger partial charge in [-0.05, 0) is 51.0 Å². The van der Waals surface area contributed by atoms with Crippen molar-refractivity contribution in [3.05, 3.63) is 29.8 Å². The molecule has 5 N–H and O–H groups in total. The number of amides is 4. The molecule has 2 aliphatic heterocycles. The molecule has 11 heteroatoms. The van der Waals surface area contributed by atoms with Gasteiger partial charge in [0.15, 0.2) is 0 Å². The van der Waals surface area contributed by atoms with Crippen LogP contribution in [0.2, 0.25) is 0 Å². The monoisotopic (exact) mass is 503 g/mol. The Morgan fingerprint density at radius 2 is 1.83 bits per heavy atom. The highest BCUT2D eigenvalue weighted by atomic mass is 16.5. The zero-order valence-corrected chi connectivity index (χ0v) is 20.6. The molecular weight excluding hydrogens is 466 g/mol. The standard InChI is InChI=1S/C25H37N5O6/c31-17-20-25(35)27-11-15-36-21-9-4-3-8-18(21)23(33)29-19(16-22(32)28-20)24(34)26-10-7-14-30-12-5-1-2-6-13-30/h3-4,8-9,19-20,31H,1-2,5-7,10-17H2,(H,26,34)(H,27,35)(H,28,32)(H,29,33)/t19-,20-/m0/s1. The summed E-state index contributed by atoms with van der Waals surface area (Å²) in [7, 11) is 0. The number of carbonyl (C=O) groups excluding carboxylic acids is 4. The number of rotatable bonds is 6. The SMILES string of the molecule is O=C1C[C@@H](C(=O)NCCCN2CCCCCC2)NC(=O)c2ccccc2OCCNC(=O)[C@H](CO)N1. The lowest BCUT2D eigenvalue weighted by Gasteiger charge is -2.23. The van der Waals surface area contributed by atoms with Crippen LogP contribution in [0.3, 0.4) is 0 Å². The highest BCUT2D eigenvalue weighted by Crippen LogP contribution is 2.18. The van der Waals surface area contributed by atoms with Crippen LogP contribution in [-0.2, 0) is 14.4 Å². The van der Waals surface area contributed by atoms with Gasteiger partial charge in [0.1, 0.15) is 24.4 Å². The van der Waals surface area contributed by atoms with Crippen LogP contribution in [0.25, 0.3) is 0 Å². The fraction of sp³-hybridized carbons (Fsp3) is 0.600. The molecule has 3 rings (SSSR count). The van der Waals surface area contributed by atoms with Crippen molar-refractivity contribution in [3.8, 4) is 5.75 Å². The maximum atomic E-state index is 13.0. The van der Waals surface area contributed by atoms with Gasteiger partial charge >= 0.3 is 0 Å².